The Morgan fingerprint density at radius 2 is 2.21 bits per heavy atom. The predicted octanol–water partition coefficient (Wildman–Crippen LogP) is 1.35. The maximum atomic E-state index is 11.1. The molecule has 0 amide bonds. The van der Waals surface area contributed by atoms with E-state index < -0.39 is 11.9 Å². The second-order valence-corrected chi connectivity index (χ2v) is 5.16. The number of nitrogens with zero attached hydrogens (tertiary/aromatic N) is 4. The molecule has 3 rings (SSSR count). The maximum Gasteiger partial charge on any atom is 0.307 e. The molecule has 0 saturated heterocycles. The van der Waals surface area contributed by atoms with E-state index in [-0.39, 0.29) is 11.3 Å². The van der Waals surface area contributed by atoms with Crippen LogP contribution in [0, 0.1) is 11.3 Å². The molecule has 1 fully saturated rings. The Labute approximate surface area is 108 Å². The first-order valence-corrected chi connectivity index (χ1v) is 5.84. The van der Waals surface area contributed by atoms with Crippen LogP contribution >= 0.6 is 0 Å². The second kappa shape index (κ2) is 3.84. The first kappa shape index (κ1) is 11.8. The summed E-state index contributed by atoms with van der Waals surface area (Å²) in [6.07, 6.45) is 4.61. The van der Waals surface area contributed by atoms with Crippen molar-refractivity contribution >= 4 is 5.97 Å². The van der Waals surface area contributed by atoms with Crippen LogP contribution in [0.1, 0.15) is 25.7 Å². The minimum atomic E-state index is -0.839. The Bertz CT molecular complexity index is 623. The van der Waals surface area contributed by atoms with E-state index in [2.05, 4.69) is 20.1 Å². The molecule has 2 atom stereocenters. The number of rotatable bonds is 3. The van der Waals surface area contributed by atoms with Gasteiger partial charge in [-0.05, 0) is 5.41 Å². The lowest BCUT2D eigenvalue weighted by Crippen LogP contribution is -2.03. The van der Waals surface area contributed by atoms with Gasteiger partial charge in [-0.25, -0.2) is 4.98 Å². The van der Waals surface area contributed by atoms with Crippen molar-refractivity contribution in [2.75, 3.05) is 0 Å². The van der Waals surface area contributed by atoms with E-state index in [1.165, 1.54) is 12.4 Å². The highest BCUT2D eigenvalue weighted by atomic mass is 16.5. The van der Waals surface area contributed by atoms with Crippen LogP contribution in [0.25, 0.3) is 11.5 Å². The lowest BCUT2D eigenvalue weighted by molar-refractivity contribution is -0.139. The first-order chi connectivity index (χ1) is 9.01. The Hall–Kier alpha value is -2.31. The summed E-state index contributed by atoms with van der Waals surface area (Å²) in [4.78, 5) is 23.3. The van der Waals surface area contributed by atoms with Crippen molar-refractivity contribution in [3.05, 3.63) is 24.5 Å². The standard InChI is InChI=1S/C12H12N4O3/c1-12(2)7(8(12)11(17)18)10-15-9(16-19-10)6-5-13-3-4-14-6/h3-5,7-8H,1-2H3,(H,17,18). The predicted molar refractivity (Wildman–Crippen MR) is 63.0 cm³/mol. The van der Waals surface area contributed by atoms with E-state index in [1.54, 1.807) is 6.20 Å². The molecular weight excluding hydrogens is 248 g/mol. The summed E-state index contributed by atoms with van der Waals surface area (Å²) in [5, 5.41) is 13.0. The third-order valence-electron chi connectivity index (χ3n) is 3.59. The highest BCUT2D eigenvalue weighted by Gasteiger charge is 2.65. The Balaban J connectivity index is 1.90. The zero-order valence-electron chi connectivity index (χ0n) is 10.4. The van der Waals surface area contributed by atoms with Crippen LogP contribution in [0.3, 0.4) is 0 Å². The van der Waals surface area contributed by atoms with Crippen LogP contribution in [-0.4, -0.2) is 31.2 Å². The van der Waals surface area contributed by atoms with Gasteiger partial charge in [0.15, 0.2) is 0 Å². The van der Waals surface area contributed by atoms with Crippen molar-refractivity contribution in [2.45, 2.75) is 19.8 Å². The minimum absolute atomic E-state index is 0.247. The average molecular weight is 260 g/mol. The molecule has 98 valence electrons. The van der Waals surface area contributed by atoms with Gasteiger partial charge in [0, 0.05) is 12.4 Å². The molecule has 19 heavy (non-hydrogen) atoms. The van der Waals surface area contributed by atoms with E-state index in [4.69, 9.17) is 9.63 Å². The highest BCUT2D eigenvalue weighted by Crippen LogP contribution is 2.64. The molecule has 0 aliphatic heterocycles. The number of aliphatic carboxylic acids is 1. The quantitative estimate of drug-likeness (QED) is 0.888. The summed E-state index contributed by atoms with van der Waals surface area (Å²) in [6, 6.07) is 0. The van der Waals surface area contributed by atoms with Gasteiger partial charge in [0.25, 0.3) is 0 Å². The zero-order chi connectivity index (χ0) is 13.6. The molecule has 2 aromatic rings. The van der Waals surface area contributed by atoms with E-state index in [0.717, 1.165) is 0 Å². The van der Waals surface area contributed by atoms with Gasteiger partial charge in [-0.2, -0.15) is 4.98 Å². The smallest absolute Gasteiger partial charge is 0.307 e. The Morgan fingerprint density at radius 1 is 1.42 bits per heavy atom. The molecule has 1 saturated carbocycles. The number of hydrogen-bond donors (Lipinski definition) is 1. The van der Waals surface area contributed by atoms with Crippen molar-refractivity contribution in [3.8, 4) is 11.5 Å². The molecule has 2 heterocycles. The Morgan fingerprint density at radius 3 is 2.79 bits per heavy atom. The molecule has 7 nitrogen and oxygen atoms in total. The summed E-state index contributed by atoms with van der Waals surface area (Å²) >= 11 is 0. The number of hydrogen-bond acceptors (Lipinski definition) is 6. The monoisotopic (exact) mass is 260 g/mol. The fourth-order valence-corrected chi connectivity index (χ4v) is 2.44. The van der Waals surface area contributed by atoms with Crippen molar-refractivity contribution < 1.29 is 14.4 Å². The fourth-order valence-electron chi connectivity index (χ4n) is 2.44. The molecule has 1 aliphatic carbocycles. The summed E-state index contributed by atoms with van der Waals surface area (Å²) in [5.74, 6) is -0.896. The van der Waals surface area contributed by atoms with Crippen molar-refractivity contribution in [1.82, 2.24) is 20.1 Å². The van der Waals surface area contributed by atoms with E-state index >= 15 is 0 Å². The first-order valence-electron chi connectivity index (χ1n) is 5.84. The zero-order valence-corrected chi connectivity index (χ0v) is 10.4. The second-order valence-electron chi connectivity index (χ2n) is 5.16. The number of carboxylic acids is 1. The lowest BCUT2D eigenvalue weighted by Gasteiger charge is -1.96. The summed E-state index contributed by atoms with van der Waals surface area (Å²) in [5.41, 5.74) is 0.140. The molecule has 2 aromatic heterocycles. The van der Waals surface area contributed by atoms with Crippen molar-refractivity contribution in [2.24, 2.45) is 11.3 Å². The van der Waals surface area contributed by atoms with Gasteiger partial charge in [-0.15, -0.1) is 0 Å². The molecule has 0 spiro atoms. The van der Waals surface area contributed by atoms with E-state index in [1.807, 2.05) is 13.8 Å². The molecule has 1 N–H and O–H groups in total. The molecule has 2 unspecified atom stereocenters. The van der Waals surface area contributed by atoms with Gasteiger partial charge in [0.2, 0.25) is 11.7 Å². The van der Waals surface area contributed by atoms with Crippen LogP contribution in [0.15, 0.2) is 23.1 Å². The van der Waals surface area contributed by atoms with Crippen LogP contribution in [0.2, 0.25) is 0 Å². The molecular formula is C12H12N4O3. The maximum absolute atomic E-state index is 11.1. The van der Waals surface area contributed by atoms with Crippen LogP contribution in [0.4, 0.5) is 0 Å². The third kappa shape index (κ3) is 1.78. The summed E-state index contributed by atoms with van der Waals surface area (Å²) in [6.45, 7) is 3.76. The average Bonchev–Trinajstić information content (AvgIpc) is 2.76. The van der Waals surface area contributed by atoms with E-state index in [0.29, 0.717) is 17.4 Å². The van der Waals surface area contributed by atoms with Gasteiger partial charge in [-0.1, -0.05) is 19.0 Å². The SMILES string of the molecule is CC1(C)C(C(=O)O)C1c1nc(-c2cnccn2)no1. The molecule has 7 heteroatoms. The van der Waals surface area contributed by atoms with Crippen LogP contribution in [-0.2, 0) is 4.79 Å². The molecule has 0 aromatic carbocycles. The number of aromatic nitrogens is 4. The fraction of sp³-hybridized carbons (Fsp3) is 0.417. The largest absolute Gasteiger partial charge is 0.481 e. The van der Waals surface area contributed by atoms with Gasteiger partial charge in [0.1, 0.15) is 5.69 Å². The van der Waals surface area contributed by atoms with Gasteiger partial charge in [-0.3, -0.25) is 9.78 Å². The lowest BCUT2D eigenvalue weighted by atomic mass is 10.1. The molecule has 1 aliphatic rings. The molecule has 0 bridgehead atoms. The number of carboxylic acid groups (broad SMARTS) is 1. The van der Waals surface area contributed by atoms with Crippen molar-refractivity contribution in [3.63, 3.8) is 0 Å². The topological polar surface area (TPSA) is 102 Å². The highest BCUT2D eigenvalue weighted by molar-refractivity contribution is 5.77. The van der Waals surface area contributed by atoms with Gasteiger partial charge in [0.05, 0.1) is 18.0 Å². The normalized spacial score (nSPS) is 24.1. The summed E-state index contributed by atoms with van der Waals surface area (Å²) in [7, 11) is 0. The van der Waals surface area contributed by atoms with Crippen molar-refractivity contribution in [1.29, 1.82) is 0 Å². The summed E-state index contributed by atoms with van der Waals surface area (Å²) < 4.78 is 5.17. The van der Waals surface area contributed by atoms with E-state index in [9.17, 15) is 4.79 Å². The third-order valence-corrected chi connectivity index (χ3v) is 3.59. The van der Waals surface area contributed by atoms with Crippen LogP contribution < -0.4 is 0 Å². The van der Waals surface area contributed by atoms with Crippen LogP contribution in [0.5, 0.6) is 0 Å². The van der Waals surface area contributed by atoms with Gasteiger partial charge < -0.3 is 9.63 Å². The Kier molecular flexibility index (Phi) is 2.38. The molecule has 0 radical (unpaired) electrons. The van der Waals surface area contributed by atoms with Gasteiger partial charge >= 0.3 is 5.97 Å². The number of carbonyl (C=O) groups is 1. The minimum Gasteiger partial charge on any atom is -0.481 e.